The van der Waals surface area contributed by atoms with Gasteiger partial charge in [0.1, 0.15) is 91.6 Å². The van der Waals surface area contributed by atoms with Crippen LogP contribution in [0.4, 0.5) is 0 Å². The Hall–Kier alpha value is -0.880. The quantitative estimate of drug-likeness (QED) is 0.101. The molecule has 0 amide bonds. The highest BCUT2D eigenvalue weighted by molar-refractivity contribution is 5.15. The minimum absolute atomic E-state index is 0.00805. The summed E-state index contributed by atoms with van der Waals surface area (Å²) in [6.45, 7) is 9.64. The van der Waals surface area contributed by atoms with Crippen molar-refractivity contribution in [3.63, 3.8) is 0 Å². The number of aliphatic hydroxyl groups is 12. The lowest BCUT2D eigenvalue weighted by atomic mass is 9.44. The van der Waals surface area contributed by atoms with E-state index in [4.69, 9.17) is 47.4 Å². The largest absolute Gasteiger partial charge is 0.394 e. The number of rotatable bonds is 11. The summed E-state index contributed by atoms with van der Waals surface area (Å²) in [6, 6.07) is 0. The van der Waals surface area contributed by atoms with Crippen LogP contribution in [0.15, 0.2) is 0 Å². The Morgan fingerprint density at radius 1 is 0.521 bits per heavy atom. The summed E-state index contributed by atoms with van der Waals surface area (Å²) < 4.78 is 62.5. The standard InChI is InChI=1S/C51H84O22/c1-20-8-13-51(65-18-20)21(2)32-28(73-51)15-27-25-7-6-23-14-24(9-11-49(23,4)26(25)10-12-50(27,32)5)67-48-44(72-47-41(62)38(59)35(56)30(17-53)69-47)42(63)43(71-46-40(61)36(57)33(54)22(3)66-46)31(70-48)19-64-45-39(60)37(58)34(55)29(16-52)68-45/h20-48,52-63H,6-19H2,1-5H3/t20-,21-,22-,23+,24-,25+,26-,27-,28-,29+,30+,31+,32-,33-,34+,35+,36+,37-,38-,39+,40+,41+,42-,43+,44+,45+,46-,47-,48+,49-,50-,51+/m0/s1. The lowest BCUT2D eigenvalue weighted by Crippen LogP contribution is -2.67. The predicted octanol–water partition coefficient (Wildman–Crippen LogP) is -1.88. The molecule has 32 atom stereocenters. The third-order valence-electron chi connectivity index (χ3n) is 20.3. The second-order valence-corrected chi connectivity index (χ2v) is 24.4. The second kappa shape index (κ2) is 21.3. The van der Waals surface area contributed by atoms with E-state index < -0.39 is 155 Å². The Morgan fingerprint density at radius 3 is 1.78 bits per heavy atom. The van der Waals surface area contributed by atoms with Gasteiger partial charge in [0.25, 0.3) is 0 Å². The zero-order valence-electron chi connectivity index (χ0n) is 42.6. The Balaban J connectivity index is 0.890. The van der Waals surface area contributed by atoms with Crippen molar-refractivity contribution in [3.05, 3.63) is 0 Å². The van der Waals surface area contributed by atoms with Gasteiger partial charge in [-0.1, -0.05) is 27.7 Å². The molecule has 0 aromatic heterocycles. The Morgan fingerprint density at radius 2 is 1.12 bits per heavy atom. The van der Waals surface area contributed by atoms with Gasteiger partial charge in [-0.2, -0.15) is 0 Å². The van der Waals surface area contributed by atoms with Crippen LogP contribution in [0, 0.1) is 52.3 Å². The third-order valence-corrected chi connectivity index (χ3v) is 20.3. The molecule has 22 nitrogen and oxygen atoms in total. The zero-order valence-corrected chi connectivity index (χ0v) is 42.6. The smallest absolute Gasteiger partial charge is 0.187 e. The fraction of sp³-hybridized carbons (Fsp3) is 1.00. The summed E-state index contributed by atoms with van der Waals surface area (Å²) in [5.41, 5.74) is 0.166. The molecule has 0 bridgehead atoms. The Labute approximate surface area is 426 Å². The van der Waals surface area contributed by atoms with Gasteiger partial charge in [0.2, 0.25) is 0 Å². The predicted molar refractivity (Wildman–Crippen MR) is 247 cm³/mol. The highest BCUT2D eigenvalue weighted by atomic mass is 16.8. The van der Waals surface area contributed by atoms with Crippen LogP contribution in [0.25, 0.3) is 0 Å². The average Bonchev–Trinajstić information content (AvgIpc) is 3.82. The van der Waals surface area contributed by atoms with Crippen molar-refractivity contribution in [2.75, 3.05) is 26.4 Å². The van der Waals surface area contributed by atoms with Crippen molar-refractivity contribution < 1.29 is 109 Å². The first-order valence-electron chi connectivity index (χ1n) is 27.2. The van der Waals surface area contributed by atoms with E-state index in [9.17, 15) is 61.3 Å². The van der Waals surface area contributed by atoms with Crippen molar-refractivity contribution in [2.24, 2.45) is 52.3 Å². The minimum atomic E-state index is -1.90. The number of ether oxygens (including phenoxy) is 10. The summed E-state index contributed by atoms with van der Waals surface area (Å²) in [7, 11) is 0. The van der Waals surface area contributed by atoms with Crippen molar-refractivity contribution in [3.8, 4) is 0 Å². The van der Waals surface area contributed by atoms with Crippen molar-refractivity contribution in [2.45, 2.75) is 240 Å². The molecular weight excluding hydrogens is 965 g/mol. The summed E-state index contributed by atoms with van der Waals surface area (Å²) in [5, 5.41) is 129. The van der Waals surface area contributed by atoms with Crippen LogP contribution in [-0.2, 0) is 47.4 Å². The lowest BCUT2D eigenvalue weighted by molar-refractivity contribution is -0.395. The van der Waals surface area contributed by atoms with Gasteiger partial charge in [-0.15, -0.1) is 0 Å². The van der Waals surface area contributed by atoms with Crippen LogP contribution in [0.1, 0.15) is 98.8 Å². The first-order valence-corrected chi connectivity index (χ1v) is 27.2. The molecule has 4 aliphatic carbocycles. The molecule has 0 aromatic carbocycles. The fourth-order valence-electron chi connectivity index (χ4n) is 16.0. The van der Waals surface area contributed by atoms with Crippen LogP contribution >= 0.6 is 0 Å². The molecule has 73 heavy (non-hydrogen) atoms. The number of aliphatic hydroxyl groups excluding tert-OH is 12. The monoisotopic (exact) mass is 1050 g/mol. The minimum Gasteiger partial charge on any atom is -0.394 e. The molecule has 10 aliphatic rings. The van der Waals surface area contributed by atoms with Gasteiger partial charge < -0.3 is 109 Å². The molecule has 4 saturated carbocycles. The highest BCUT2D eigenvalue weighted by Gasteiger charge is 2.69. The van der Waals surface area contributed by atoms with Crippen molar-refractivity contribution in [1.82, 2.24) is 0 Å². The fourth-order valence-corrected chi connectivity index (χ4v) is 16.0. The number of fused-ring (bicyclic) bond motifs is 7. The normalized spacial score (nSPS) is 58.2. The van der Waals surface area contributed by atoms with E-state index in [-0.39, 0.29) is 22.9 Å². The molecule has 0 aromatic rings. The van der Waals surface area contributed by atoms with Gasteiger partial charge >= 0.3 is 0 Å². The van der Waals surface area contributed by atoms with Crippen molar-refractivity contribution in [1.29, 1.82) is 0 Å². The third kappa shape index (κ3) is 9.60. The van der Waals surface area contributed by atoms with Gasteiger partial charge in [-0.3, -0.25) is 0 Å². The van der Waals surface area contributed by atoms with E-state index in [0.717, 1.165) is 58.0 Å². The molecule has 6 heterocycles. The molecule has 0 unspecified atom stereocenters. The van der Waals surface area contributed by atoms with Gasteiger partial charge in [0, 0.05) is 12.3 Å². The maximum Gasteiger partial charge on any atom is 0.187 e. The van der Waals surface area contributed by atoms with Crippen LogP contribution < -0.4 is 0 Å². The van der Waals surface area contributed by atoms with Crippen LogP contribution in [0.5, 0.6) is 0 Å². The molecular formula is C51H84O22. The van der Waals surface area contributed by atoms with E-state index in [0.29, 0.717) is 48.3 Å². The van der Waals surface area contributed by atoms with E-state index in [1.165, 1.54) is 6.92 Å². The molecule has 10 fully saturated rings. The molecule has 420 valence electrons. The first kappa shape index (κ1) is 55.4. The lowest BCUT2D eigenvalue weighted by Gasteiger charge is -2.61. The first-order chi connectivity index (χ1) is 34.6. The van der Waals surface area contributed by atoms with Gasteiger partial charge in [-0.05, 0) is 111 Å². The van der Waals surface area contributed by atoms with Crippen molar-refractivity contribution >= 4 is 0 Å². The molecule has 0 radical (unpaired) electrons. The SMILES string of the molecule is C[C@H]1CC[C@@]2(OC1)O[C@H]1C[C@H]3[C@@H]4CC[C@@H]5C[C@@H](O[C@@H]6O[C@H](CO[C@@H]7O[C@H](CO)[C@@H](O)[C@H](O)[C@H]7O)[C@@H](O[C@@H]7O[C@@H](C)[C@H](O)[C@@H](O)[C@H]7O)[C@H](O)[C@H]6O[C@@H]6O[C@H](CO)[C@@H](O)[C@H](O)[C@H]6O)CC[C@]5(C)[C@H]4CC[C@]3(C)[C@H]1[C@@H]2C. The topological polar surface area (TPSA) is 335 Å². The van der Waals surface area contributed by atoms with Crippen LogP contribution in [-0.4, -0.2) is 229 Å². The van der Waals surface area contributed by atoms with Gasteiger partial charge in [0.15, 0.2) is 30.9 Å². The molecule has 10 rings (SSSR count). The molecule has 6 aliphatic heterocycles. The maximum atomic E-state index is 12.5. The average molecular weight is 1050 g/mol. The Bertz CT molecular complexity index is 1860. The second-order valence-electron chi connectivity index (χ2n) is 24.4. The van der Waals surface area contributed by atoms with E-state index >= 15 is 0 Å². The van der Waals surface area contributed by atoms with Crippen LogP contribution in [0.3, 0.4) is 0 Å². The maximum absolute atomic E-state index is 12.5. The highest BCUT2D eigenvalue weighted by Crippen LogP contribution is 2.71. The number of hydrogen-bond donors (Lipinski definition) is 12. The summed E-state index contributed by atoms with van der Waals surface area (Å²) >= 11 is 0. The molecule has 22 heteroatoms. The van der Waals surface area contributed by atoms with E-state index in [1.807, 2.05) is 0 Å². The van der Waals surface area contributed by atoms with Gasteiger partial charge in [-0.25, -0.2) is 0 Å². The summed E-state index contributed by atoms with van der Waals surface area (Å²) in [6.07, 6.45) is -23.7. The van der Waals surface area contributed by atoms with E-state index in [1.54, 1.807) is 0 Å². The summed E-state index contributed by atoms with van der Waals surface area (Å²) in [4.78, 5) is 0. The van der Waals surface area contributed by atoms with E-state index in [2.05, 4.69) is 27.7 Å². The van der Waals surface area contributed by atoms with Gasteiger partial charge in [0.05, 0.1) is 44.7 Å². The van der Waals surface area contributed by atoms with Crippen LogP contribution in [0.2, 0.25) is 0 Å². The number of hydrogen-bond acceptors (Lipinski definition) is 22. The molecule has 1 spiro atoms. The molecule has 6 saturated heterocycles. The Kier molecular flexibility index (Phi) is 16.2. The molecule has 12 N–H and O–H groups in total. The zero-order chi connectivity index (χ0) is 52.2. The summed E-state index contributed by atoms with van der Waals surface area (Å²) in [5.74, 6) is 2.69.